The third-order valence-electron chi connectivity index (χ3n) is 4.25. The highest BCUT2D eigenvalue weighted by atomic mass is 19.4. The lowest BCUT2D eigenvalue weighted by atomic mass is 10.1. The van der Waals surface area contributed by atoms with Crippen molar-refractivity contribution in [2.45, 2.75) is 19.0 Å². The molecule has 7 heteroatoms. The fourth-order valence-electron chi connectivity index (χ4n) is 2.81. The SMILES string of the molecule is O=C(NCCCc1ccccc1)c1cncc(Nc2cccc(C(F)(F)F)c2)c1. The number of halogens is 3. The number of hydrogen-bond acceptors (Lipinski definition) is 3. The summed E-state index contributed by atoms with van der Waals surface area (Å²) < 4.78 is 38.5. The van der Waals surface area contributed by atoms with Crippen molar-refractivity contribution in [2.24, 2.45) is 0 Å². The second kappa shape index (κ2) is 9.23. The Balaban J connectivity index is 1.57. The van der Waals surface area contributed by atoms with Crippen LogP contribution in [0.4, 0.5) is 24.5 Å². The second-order valence-electron chi connectivity index (χ2n) is 6.51. The van der Waals surface area contributed by atoms with Gasteiger partial charge in [-0.2, -0.15) is 13.2 Å². The van der Waals surface area contributed by atoms with Crippen LogP contribution in [0.2, 0.25) is 0 Å². The number of carbonyl (C=O) groups excluding carboxylic acids is 1. The third kappa shape index (κ3) is 6.07. The van der Waals surface area contributed by atoms with E-state index in [9.17, 15) is 18.0 Å². The Morgan fingerprint density at radius 3 is 2.48 bits per heavy atom. The number of aryl methyl sites for hydroxylation is 1. The number of amides is 1. The first-order chi connectivity index (χ1) is 13.9. The van der Waals surface area contributed by atoms with E-state index >= 15 is 0 Å². The van der Waals surface area contributed by atoms with Crippen LogP contribution in [0, 0.1) is 0 Å². The molecule has 2 N–H and O–H groups in total. The van der Waals surface area contributed by atoms with Gasteiger partial charge in [0, 0.05) is 18.4 Å². The smallest absolute Gasteiger partial charge is 0.354 e. The van der Waals surface area contributed by atoms with E-state index < -0.39 is 11.7 Å². The lowest BCUT2D eigenvalue weighted by molar-refractivity contribution is -0.137. The zero-order valence-corrected chi connectivity index (χ0v) is 15.5. The van der Waals surface area contributed by atoms with Crippen molar-refractivity contribution < 1.29 is 18.0 Å². The van der Waals surface area contributed by atoms with Crippen LogP contribution in [0.5, 0.6) is 0 Å². The summed E-state index contributed by atoms with van der Waals surface area (Å²) in [5, 5.41) is 5.69. The van der Waals surface area contributed by atoms with Crippen LogP contribution in [0.3, 0.4) is 0 Å². The van der Waals surface area contributed by atoms with Gasteiger partial charge in [0.05, 0.1) is 23.0 Å². The molecule has 0 saturated heterocycles. The molecule has 3 aromatic rings. The van der Waals surface area contributed by atoms with Crippen LogP contribution in [0.1, 0.15) is 27.9 Å². The van der Waals surface area contributed by atoms with Gasteiger partial charge in [-0.3, -0.25) is 9.78 Å². The Kier molecular flexibility index (Phi) is 6.49. The van der Waals surface area contributed by atoms with Gasteiger partial charge in [0.15, 0.2) is 0 Å². The first-order valence-electron chi connectivity index (χ1n) is 9.13. The Morgan fingerprint density at radius 1 is 0.931 bits per heavy atom. The highest BCUT2D eigenvalue weighted by Crippen LogP contribution is 2.31. The first kappa shape index (κ1) is 20.4. The maximum absolute atomic E-state index is 12.8. The minimum Gasteiger partial charge on any atom is -0.354 e. The van der Waals surface area contributed by atoms with Crippen molar-refractivity contribution >= 4 is 17.3 Å². The van der Waals surface area contributed by atoms with Gasteiger partial charge >= 0.3 is 6.18 Å². The van der Waals surface area contributed by atoms with Crippen LogP contribution in [-0.4, -0.2) is 17.4 Å². The Bertz CT molecular complexity index is 959. The number of alkyl halides is 3. The topological polar surface area (TPSA) is 54.0 Å². The highest BCUT2D eigenvalue weighted by Gasteiger charge is 2.30. The van der Waals surface area contributed by atoms with E-state index in [1.165, 1.54) is 30.1 Å². The number of pyridine rings is 1. The molecule has 1 heterocycles. The Morgan fingerprint density at radius 2 is 1.72 bits per heavy atom. The molecule has 0 atom stereocenters. The van der Waals surface area contributed by atoms with Crippen LogP contribution in [0.25, 0.3) is 0 Å². The normalized spacial score (nSPS) is 11.1. The molecule has 0 unspecified atom stereocenters. The summed E-state index contributed by atoms with van der Waals surface area (Å²) in [6.45, 7) is 0.513. The Labute approximate surface area is 166 Å². The summed E-state index contributed by atoms with van der Waals surface area (Å²) >= 11 is 0. The molecule has 0 spiro atoms. The monoisotopic (exact) mass is 399 g/mol. The molecule has 0 saturated carbocycles. The van der Waals surface area contributed by atoms with Gasteiger partial charge < -0.3 is 10.6 Å². The van der Waals surface area contributed by atoms with Gasteiger partial charge in [-0.1, -0.05) is 36.4 Å². The average Bonchev–Trinajstić information content (AvgIpc) is 2.72. The van der Waals surface area contributed by atoms with E-state index in [0.717, 1.165) is 25.0 Å². The average molecular weight is 399 g/mol. The molecular weight excluding hydrogens is 379 g/mol. The number of nitrogens with zero attached hydrogens (tertiary/aromatic N) is 1. The van der Waals surface area contributed by atoms with Crippen LogP contribution in [0.15, 0.2) is 73.1 Å². The van der Waals surface area contributed by atoms with Crippen LogP contribution < -0.4 is 10.6 Å². The molecule has 0 aliphatic heterocycles. The van der Waals surface area contributed by atoms with Gasteiger partial charge in [0.2, 0.25) is 0 Å². The number of carbonyl (C=O) groups is 1. The second-order valence-corrected chi connectivity index (χ2v) is 6.51. The molecular formula is C22H20F3N3O. The van der Waals surface area contributed by atoms with Crippen molar-refractivity contribution in [2.75, 3.05) is 11.9 Å². The fourth-order valence-corrected chi connectivity index (χ4v) is 2.81. The van der Waals surface area contributed by atoms with Crippen molar-refractivity contribution in [1.29, 1.82) is 0 Å². The molecule has 2 aromatic carbocycles. The van der Waals surface area contributed by atoms with Gasteiger partial charge in [-0.15, -0.1) is 0 Å². The number of hydrogen-bond donors (Lipinski definition) is 2. The standard InChI is InChI=1S/C22H20F3N3O/c23-22(24,25)18-9-4-10-19(13-18)28-20-12-17(14-26-15-20)21(29)27-11-5-8-16-6-2-1-3-7-16/h1-4,6-7,9-10,12-15,28H,5,8,11H2,(H,27,29). The number of benzene rings is 2. The zero-order valence-electron chi connectivity index (χ0n) is 15.5. The molecule has 0 fully saturated rings. The molecule has 0 aliphatic rings. The van der Waals surface area contributed by atoms with Gasteiger partial charge in [0.25, 0.3) is 5.91 Å². The zero-order chi connectivity index (χ0) is 20.7. The minimum absolute atomic E-state index is 0.266. The molecule has 0 bridgehead atoms. The maximum Gasteiger partial charge on any atom is 0.416 e. The van der Waals surface area contributed by atoms with E-state index in [4.69, 9.17) is 0 Å². The molecule has 1 aromatic heterocycles. The fraction of sp³-hybridized carbons (Fsp3) is 0.182. The predicted molar refractivity (Wildman–Crippen MR) is 106 cm³/mol. The summed E-state index contributed by atoms with van der Waals surface area (Å²) in [5.41, 5.74) is 1.49. The molecule has 150 valence electrons. The number of anilines is 2. The van der Waals surface area contributed by atoms with Crippen LogP contribution >= 0.6 is 0 Å². The number of aromatic nitrogens is 1. The van der Waals surface area contributed by atoms with E-state index in [2.05, 4.69) is 15.6 Å². The largest absolute Gasteiger partial charge is 0.416 e. The predicted octanol–water partition coefficient (Wildman–Crippen LogP) is 5.21. The van der Waals surface area contributed by atoms with Crippen molar-refractivity contribution in [3.8, 4) is 0 Å². The summed E-state index contributed by atoms with van der Waals surface area (Å²) in [4.78, 5) is 16.3. The van der Waals surface area contributed by atoms with E-state index in [1.54, 1.807) is 6.07 Å². The molecule has 0 aliphatic carbocycles. The van der Waals surface area contributed by atoms with Gasteiger partial charge in [0.1, 0.15) is 0 Å². The third-order valence-corrected chi connectivity index (χ3v) is 4.25. The molecule has 1 amide bonds. The maximum atomic E-state index is 12.8. The van der Waals surface area contributed by atoms with Crippen molar-refractivity contribution in [3.63, 3.8) is 0 Å². The van der Waals surface area contributed by atoms with E-state index in [-0.39, 0.29) is 11.6 Å². The van der Waals surface area contributed by atoms with Crippen LogP contribution in [-0.2, 0) is 12.6 Å². The molecule has 29 heavy (non-hydrogen) atoms. The summed E-state index contributed by atoms with van der Waals surface area (Å²) in [5.74, 6) is -0.279. The van der Waals surface area contributed by atoms with Gasteiger partial charge in [-0.25, -0.2) is 0 Å². The number of rotatable bonds is 7. The molecule has 0 radical (unpaired) electrons. The Hall–Kier alpha value is -3.35. The number of nitrogens with one attached hydrogen (secondary N) is 2. The van der Waals surface area contributed by atoms with E-state index in [1.807, 2.05) is 30.3 Å². The summed E-state index contributed by atoms with van der Waals surface area (Å²) in [7, 11) is 0. The first-order valence-corrected chi connectivity index (χ1v) is 9.13. The quantitative estimate of drug-likeness (QED) is 0.537. The molecule has 4 nitrogen and oxygen atoms in total. The van der Waals surface area contributed by atoms with Crippen molar-refractivity contribution in [1.82, 2.24) is 10.3 Å². The lowest BCUT2D eigenvalue weighted by Gasteiger charge is -2.11. The van der Waals surface area contributed by atoms with Crippen molar-refractivity contribution in [3.05, 3.63) is 89.7 Å². The van der Waals surface area contributed by atoms with Gasteiger partial charge in [-0.05, 0) is 42.7 Å². The highest BCUT2D eigenvalue weighted by molar-refractivity contribution is 5.94. The lowest BCUT2D eigenvalue weighted by Crippen LogP contribution is -2.25. The minimum atomic E-state index is -4.42. The van der Waals surface area contributed by atoms with E-state index in [0.29, 0.717) is 17.8 Å². The summed E-state index contributed by atoms with van der Waals surface area (Å²) in [6, 6.07) is 16.4. The molecule has 3 rings (SSSR count). The summed E-state index contributed by atoms with van der Waals surface area (Å²) in [6.07, 6.45) is 0.107.